The summed E-state index contributed by atoms with van der Waals surface area (Å²) in [6, 6.07) is 22.0. The highest BCUT2D eigenvalue weighted by Crippen LogP contribution is 2.27. The highest BCUT2D eigenvalue weighted by molar-refractivity contribution is 5.76. The van der Waals surface area contributed by atoms with Gasteiger partial charge in [0, 0.05) is 33.2 Å². The topological polar surface area (TPSA) is 32.8 Å². The van der Waals surface area contributed by atoms with Crippen molar-refractivity contribution in [2.45, 2.75) is 50.9 Å². The van der Waals surface area contributed by atoms with E-state index in [1.165, 1.54) is 11.1 Å². The van der Waals surface area contributed by atoms with E-state index in [-0.39, 0.29) is 18.6 Å². The predicted molar refractivity (Wildman–Crippen MR) is 113 cm³/mol. The van der Waals surface area contributed by atoms with E-state index in [1.807, 2.05) is 0 Å². The molecular weight excluding hydrogens is 348 g/mol. The molecular formula is C24H32N2O2. The van der Waals surface area contributed by atoms with Crippen molar-refractivity contribution >= 4 is 5.91 Å². The smallest absolute Gasteiger partial charge is 0.248 e. The van der Waals surface area contributed by atoms with Crippen molar-refractivity contribution in [3.63, 3.8) is 0 Å². The highest BCUT2D eigenvalue weighted by atomic mass is 16.5. The monoisotopic (exact) mass is 380 g/mol. The molecule has 150 valence electrons. The van der Waals surface area contributed by atoms with Crippen LogP contribution in [0.1, 0.15) is 36.8 Å². The van der Waals surface area contributed by atoms with Gasteiger partial charge in [-0.05, 0) is 36.8 Å². The molecule has 1 aliphatic rings. The Morgan fingerprint density at radius 2 is 1.36 bits per heavy atom. The highest BCUT2D eigenvalue weighted by Gasteiger charge is 2.27. The number of hydrogen-bond donors (Lipinski definition) is 0. The number of likely N-dealkylation sites (N-methyl/N-ethyl adjacent to an activating group) is 1. The maximum atomic E-state index is 11.8. The summed E-state index contributed by atoms with van der Waals surface area (Å²) in [5.41, 5.74) is 2.71. The van der Waals surface area contributed by atoms with Gasteiger partial charge in [-0.3, -0.25) is 9.69 Å². The number of rotatable bonds is 8. The van der Waals surface area contributed by atoms with Gasteiger partial charge in [-0.1, -0.05) is 60.7 Å². The molecule has 0 atom stereocenters. The average molecular weight is 381 g/mol. The molecule has 0 bridgehead atoms. The molecule has 4 heteroatoms. The molecule has 2 aromatic carbocycles. The minimum absolute atomic E-state index is 0.0388. The molecule has 0 spiro atoms. The van der Waals surface area contributed by atoms with E-state index in [0.29, 0.717) is 6.04 Å². The van der Waals surface area contributed by atoms with Crippen molar-refractivity contribution < 1.29 is 9.53 Å². The van der Waals surface area contributed by atoms with Gasteiger partial charge in [0.15, 0.2) is 0 Å². The molecule has 0 N–H and O–H groups in total. The third-order valence-corrected chi connectivity index (χ3v) is 5.56. The summed E-state index contributed by atoms with van der Waals surface area (Å²) < 4.78 is 5.86. The van der Waals surface area contributed by atoms with Crippen LogP contribution in [0, 0.1) is 0 Å². The molecule has 3 rings (SSSR count). The lowest BCUT2D eigenvalue weighted by Gasteiger charge is -2.37. The van der Waals surface area contributed by atoms with E-state index in [1.54, 1.807) is 19.0 Å². The Balaban J connectivity index is 1.58. The van der Waals surface area contributed by atoms with Crippen LogP contribution in [0.3, 0.4) is 0 Å². The summed E-state index contributed by atoms with van der Waals surface area (Å²) in [5.74, 6) is 0.0388. The van der Waals surface area contributed by atoms with Gasteiger partial charge in [0.1, 0.15) is 6.61 Å². The van der Waals surface area contributed by atoms with Crippen LogP contribution in [0.2, 0.25) is 0 Å². The van der Waals surface area contributed by atoms with E-state index in [2.05, 4.69) is 65.6 Å². The molecule has 1 fully saturated rings. The molecule has 0 unspecified atom stereocenters. The van der Waals surface area contributed by atoms with Crippen LogP contribution in [0.5, 0.6) is 0 Å². The standard InChI is InChI=1S/C24H32N2O2/c1-25(2)24(27)19-28-23-15-13-22(14-16-23)26(17-20-9-5-3-6-10-20)18-21-11-7-4-8-12-21/h3-12,22-23H,13-19H2,1-2H3. The maximum absolute atomic E-state index is 11.8. The first-order valence-corrected chi connectivity index (χ1v) is 10.3. The summed E-state index contributed by atoms with van der Waals surface area (Å²) in [6.45, 7) is 2.12. The van der Waals surface area contributed by atoms with Crippen LogP contribution < -0.4 is 0 Å². The van der Waals surface area contributed by atoms with Gasteiger partial charge in [-0.15, -0.1) is 0 Å². The summed E-state index contributed by atoms with van der Waals surface area (Å²) in [4.78, 5) is 16.0. The fourth-order valence-corrected chi connectivity index (χ4v) is 3.85. The Morgan fingerprint density at radius 1 is 0.857 bits per heavy atom. The fourth-order valence-electron chi connectivity index (χ4n) is 3.85. The van der Waals surface area contributed by atoms with Gasteiger partial charge in [-0.2, -0.15) is 0 Å². The predicted octanol–water partition coefficient (Wildman–Crippen LogP) is 4.10. The lowest BCUT2D eigenvalue weighted by Crippen LogP contribution is -2.39. The second kappa shape index (κ2) is 10.4. The summed E-state index contributed by atoms with van der Waals surface area (Å²) in [6.07, 6.45) is 4.47. The SMILES string of the molecule is CN(C)C(=O)COC1CCC(N(Cc2ccccc2)Cc2ccccc2)CC1. The van der Waals surface area contributed by atoms with Gasteiger partial charge in [0.25, 0.3) is 0 Å². The van der Waals surface area contributed by atoms with Crippen molar-refractivity contribution in [2.75, 3.05) is 20.7 Å². The van der Waals surface area contributed by atoms with E-state index in [0.717, 1.165) is 38.8 Å². The van der Waals surface area contributed by atoms with Crippen molar-refractivity contribution in [3.8, 4) is 0 Å². The quantitative estimate of drug-likeness (QED) is 0.691. The van der Waals surface area contributed by atoms with Gasteiger partial charge in [0.05, 0.1) is 6.10 Å². The van der Waals surface area contributed by atoms with Crippen LogP contribution in [0.25, 0.3) is 0 Å². The van der Waals surface area contributed by atoms with E-state index in [4.69, 9.17) is 4.74 Å². The van der Waals surface area contributed by atoms with Crippen LogP contribution in [-0.4, -0.2) is 48.6 Å². The Hall–Kier alpha value is -2.17. The van der Waals surface area contributed by atoms with Gasteiger partial charge in [-0.25, -0.2) is 0 Å². The molecule has 28 heavy (non-hydrogen) atoms. The number of benzene rings is 2. The van der Waals surface area contributed by atoms with Crippen LogP contribution in [-0.2, 0) is 22.6 Å². The van der Waals surface area contributed by atoms with Crippen molar-refractivity contribution in [2.24, 2.45) is 0 Å². The van der Waals surface area contributed by atoms with Crippen LogP contribution in [0.4, 0.5) is 0 Å². The van der Waals surface area contributed by atoms with Crippen molar-refractivity contribution in [1.82, 2.24) is 9.80 Å². The minimum atomic E-state index is 0.0388. The van der Waals surface area contributed by atoms with Gasteiger partial charge >= 0.3 is 0 Å². The first kappa shape index (κ1) is 20.6. The molecule has 4 nitrogen and oxygen atoms in total. The lowest BCUT2D eigenvalue weighted by atomic mass is 9.91. The lowest BCUT2D eigenvalue weighted by molar-refractivity contribution is -0.136. The molecule has 0 radical (unpaired) electrons. The van der Waals surface area contributed by atoms with Crippen LogP contribution in [0.15, 0.2) is 60.7 Å². The molecule has 1 amide bonds. The molecule has 0 aromatic heterocycles. The summed E-state index contributed by atoms with van der Waals surface area (Å²) in [5, 5.41) is 0. The largest absolute Gasteiger partial charge is 0.368 e. The summed E-state index contributed by atoms with van der Waals surface area (Å²) >= 11 is 0. The summed E-state index contributed by atoms with van der Waals surface area (Å²) in [7, 11) is 3.54. The zero-order valence-electron chi connectivity index (χ0n) is 17.1. The Bertz CT molecular complexity index is 668. The number of nitrogens with zero attached hydrogens (tertiary/aromatic N) is 2. The Labute approximate surface area is 169 Å². The Morgan fingerprint density at radius 3 is 1.82 bits per heavy atom. The third-order valence-electron chi connectivity index (χ3n) is 5.56. The van der Waals surface area contributed by atoms with E-state index < -0.39 is 0 Å². The first-order valence-electron chi connectivity index (χ1n) is 10.3. The normalized spacial score (nSPS) is 19.5. The molecule has 0 aliphatic heterocycles. The number of ether oxygens (including phenoxy) is 1. The number of carbonyl (C=O) groups is 1. The average Bonchev–Trinajstić information content (AvgIpc) is 2.73. The number of carbonyl (C=O) groups excluding carboxylic acids is 1. The third kappa shape index (κ3) is 6.18. The maximum Gasteiger partial charge on any atom is 0.248 e. The fraction of sp³-hybridized carbons (Fsp3) is 0.458. The van der Waals surface area contributed by atoms with Crippen molar-refractivity contribution in [3.05, 3.63) is 71.8 Å². The zero-order valence-corrected chi connectivity index (χ0v) is 17.1. The molecule has 1 aliphatic carbocycles. The van der Waals surface area contributed by atoms with Gasteiger partial charge < -0.3 is 9.64 Å². The molecule has 0 heterocycles. The first-order chi connectivity index (χ1) is 13.6. The van der Waals surface area contributed by atoms with E-state index in [9.17, 15) is 4.79 Å². The van der Waals surface area contributed by atoms with E-state index >= 15 is 0 Å². The minimum Gasteiger partial charge on any atom is -0.368 e. The zero-order chi connectivity index (χ0) is 19.8. The second-order valence-corrected chi connectivity index (χ2v) is 7.91. The molecule has 0 saturated heterocycles. The Kier molecular flexibility index (Phi) is 7.63. The van der Waals surface area contributed by atoms with Crippen molar-refractivity contribution in [1.29, 1.82) is 0 Å². The molecule has 2 aromatic rings. The van der Waals surface area contributed by atoms with Gasteiger partial charge in [0.2, 0.25) is 5.91 Å². The number of amides is 1. The number of hydrogen-bond acceptors (Lipinski definition) is 3. The second-order valence-electron chi connectivity index (χ2n) is 7.91. The van der Waals surface area contributed by atoms with Crippen LogP contribution >= 0.6 is 0 Å². The molecule has 1 saturated carbocycles.